The number of amides is 2. The van der Waals surface area contributed by atoms with Crippen LogP contribution in [0.1, 0.15) is 43.4 Å². The predicted molar refractivity (Wildman–Crippen MR) is 119 cm³/mol. The van der Waals surface area contributed by atoms with Crippen LogP contribution in [0.15, 0.2) is 53.6 Å². The van der Waals surface area contributed by atoms with E-state index >= 15 is 0 Å². The van der Waals surface area contributed by atoms with Crippen LogP contribution >= 0.6 is 0 Å². The minimum Gasteiger partial charge on any atom is -0.347 e. The number of nitrogens with one attached hydrogen (secondary N) is 1. The topological polar surface area (TPSA) is 65.0 Å². The van der Waals surface area contributed by atoms with Crippen molar-refractivity contribution in [1.82, 2.24) is 15.2 Å². The summed E-state index contributed by atoms with van der Waals surface area (Å²) in [6.45, 7) is 7.64. The standard InChI is InChI=1S/C24H29FN4O2/c1-3-28(4-2)17-20-8-6-5-7-19(20)15-26-24(31)22-13-14-23(30)29(27-22)16-18-9-11-21(25)12-10-18/h5-12H,3-4,13-17H2,1-2H3,(H,26,31). The van der Waals surface area contributed by atoms with Gasteiger partial charge in [-0.05, 0) is 41.9 Å². The molecule has 1 aliphatic heterocycles. The quantitative estimate of drug-likeness (QED) is 0.671. The first-order valence-electron chi connectivity index (χ1n) is 10.7. The van der Waals surface area contributed by atoms with Gasteiger partial charge < -0.3 is 5.32 Å². The molecule has 0 unspecified atom stereocenters. The maximum atomic E-state index is 13.1. The van der Waals surface area contributed by atoms with Gasteiger partial charge in [0.15, 0.2) is 0 Å². The third-order valence-electron chi connectivity index (χ3n) is 5.46. The van der Waals surface area contributed by atoms with Gasteiger partial charge in [0.1, 0.15) is 11.5 Å². The van der Waals surface area contributed by atoms with Gasteiger partial charge >= 0.3 is 0 Å². The predicted octanol–water partition coefficient (Wildman–Crippen LogP) is 3.46. The molecule has 0 aromatic heterocycles. The fourth-order valence-electron chi connectivity index (χ4n) is 3.50. The molecule has 1 aliphatic rings. The largest absolute Gasteiger partial charge is 0.347 e. The second-order valence-corrected chi connectivity index (χ2v) is 7.54. The highest BCUT2D eigenvalue weighted by molar-refractivity contribution is 6.39. The summed E-state index contributed by atoms with van der Waals surface area (Å²) in [5.74, 6) is -0.752. The maximum Gasteiger partial charge on any atom is 0.267 e. The Morgan fingerprint density at radius 2 is 1.74 bits per heavy atom. The van der Waals surface area contributed by atoms with Gasteiger partial charge in [-0.1, -0.05) is 50.2 Å². The highest BCUT2D eigenvalue weighted by Gasteiger charge is 2.24. The summed E-state index contributed by atoms with van der Waals surface area (Å²) in [6, 6.07) is 14.0. The number of halogens is 1. The monoisotopic (exact) mass is 424 g/mol. The Bertz CT molecular complexity index is 939. The van der Waals surface area contributed by atoms with Crippen molar-refractivity contribution in [1.29, 1.82) is 0 Å². The van der Waals surface area contributed by atoms with Crippen molar-refractivity contribution in [2.45, 2.75) is 46.3 Å². The first-order chi connectivity index (χ1) is 15.0. The third kappa shape index (κ3) is 6.21. The molecule has 3 rings (SSSR count). The molecular formula is C24H29FN4O2. The highest BCUT2D eigenvalue weighted by atomic mass is 19.1. The van der Waals surface area contributed by atoms with Gasteiger partial charge in [0.2, 0.25) is 5.91 Å². The minimum atomic E-state index is -0.335. The van der Waals surface area contributed by atoms with Crippen LogP contribution < -0.4 is 5.32 Å². The number of rotatable bonds is 9. The number of hydrogen-bond acceptors (Lipinski definition) is 4. The molecule has 0 bridgehead atoms. The lowest BCUT2D eigenvalue weighted by atomic mass is 10.1. The van der Waals surface area contributed by atoms with Gasteiger partial charge in [0.05, 0.1) is 6.54 Å². The van der Waals surface area contributed by atoms with Crippen molar-refractivity contribution in [3.8, 4) is 0 Å². The lowest BCUT2D eigenvalue weighted by molar-refractivity contribution is -0.132. The molecule has 31 heavy (non-hydrogen) atoms. The minimum absolute atomic E-state index is 0.148. The van der Waals surface area contributed by atoms with E-state index in [1.807, 2.05) is 18.2 Å². The van der Waals surface area contributed by atoms with Gasteiger partial charge in [-0.25, -0.2) is 9.40 Å². The molecule has 0 radical (unpaired) electrons. The van der Waals surface area contributed by atoms with Crippen molar-refractivity contribution in [3.05, 3.63) is 71.0 Å². The van der Waals surface area contributed by atoms with Crippen molar-refractivity contribution >= 4 is 17.5 Å². The number of carbonyl (C=O) groups is 2. The van der Waals surface area contributed by atoms with Crippen molar-refractivity contribution in [2.75, 3.05) is 13.1 Å². The van der Waals surface area contributed by atoms with Crippen LogP contribution in [0, 0.1) is 5.82 Å². The zero-order valence-electron chi connectivity index (χ0n) is 18.1. The fourth-order valence-corrected chi connectivity index (χ4v) is 3.50. The van der Waals surface area contributed by atoms with E-state index in [9.17, 15) is 14.0 Å². The maximum absolute atomic E-state index is 13.1. The third-order valence-corrected chi connectivity index (χ3v) is 5.46. The first kappa shape index (κ1) is 22.6. The molecule has 0 atom stereocenters. The summed E-state index contributed by atoms with van der Waals surface area (Å²) in [6.07, 6.45) is 0.539. The summed E-state index contributed by atoms with van der Waals surface area (Å²) >= 11 is 0. The Morgan fingerprint density at radius 3 is 2.42 bits per heavy atom. The molecule has 6 nitrogen and oxygen atoms in total. The second kappa shape index (κ2) is 10.8. The van der Waals surface area contributed by atoms with E-state index in [0.717, 1.165) is 30.8 Å². The van der Waals surface area contributed by atoms with E-state index < -0.39 is 0 Å². The van der Waals surface area contributed by atoms with Crippen LogP contribution in [0.5, 0.6) is 0 Å². The van der Waals surface area contributed by atoms with Gasteiger partial charge in [-0.2, -0.15) is 5.10 Å². The van der Waals surface area contributed by atoms with E-state index in [0.29, 0.717) is 18.7 Å². The Kier molecular flexibility index (Phi) is 7.89. The number of nitrogens with zero attached hydrogens (tertiary/aromatic N) is 3. The average Bonchev–Trinajstić information content (AvgIpc) is 2.79. The molecule has 0 saturated carbocycles. The van der Waals surface area contributed by atoms with Crippen LogP contribution in [0.2, 0.25) is 0 Å². The number of benzene rings is 2. The SMILES string of the molecule is CCN(CC)Cc1ccccc1CNC(=O)C1=NN(Cc2ccc(F)cc2)C(=O)CC1. The highest BCUT2D eigenvalue weighted by Crippen LogP contribution is 2.15. The molecule has 1 N–H and O–H groups in total. The van der Waals surface area contributed by atoms with Gasteiger partial charge in [-0.15, -0.1) is 0 Å². The fraction of sp³-hybridized carbons (Fsp3) is 0.375. The number of carbonyl (C=O) groups excluding carboxylic acids is 2. The Hall–Kier alpha value is -3.06. The Morgan fingerprint density at radius 1 is 1.06 bits per heavy atom. The summed E-state index contributed by atoms with van der Waals surface area (Å²) in [5, 5.41) is 8.52. The van der Waals surface area contributed by atoms with Gasteiger partial charge in [0.25, 0.3) is 5.91 Å². The van der Waals surface area contributed by atoms with E-state index in [1.54, 1.807) is 12.1 Å². The molecule has 2 aromatic carbocycles. The Labute approximate surface area is 182 Å². The van der Waals surface area contributed by atoms with Crippen LogP contribution in [0.25, 0.3) is 0 Å². The lowest BCUT2D eigenvalue weighted by Gasteiger charge is -2.23. The summed E-state index contributed by atoms with van der Waals surface area (Å²) < 4.78 is 13.1. The van der Waals surface area contributed by atoms with E-state index in [-0.39, 0.29) is 30.6 Å². The molecule has 7 heteroatoms. The van der Waals surface area contributed by atoms with Crippen molar-refractivity contribution in [2.24, 2.45) is 5.10 Å². The van der Waals surface area contributed by atoms with Crippen molar-refractivity contribution < 1.29 is 14.0 Å². The second-order valence-electron chi connectivity index (χ2n) is 7.54. The normalized spacial score (nSPS) is 14.0. The van der Waals surface area contributed by atoms with E-state index in [1.165, 1.54) is 22.7 Å². The van der Waals surface area contributed by atoms with Crippen LogP contribution in [0.4, 0.5) is 4.39 Å². The lowest BCUT2D eigenvalue weighted by Crippen LogP contribution is -2.38. The molecule has 0 spiro atoms. The smallest absolute Gasteiger partial charge is 0.267 e. The molecule has 2 amide bonds. The summed E-state index contributed by atoms with van der Waals surface area (Å²) in [4.78, 5) is 27.3. The molecule has 0 fully saturated rings. The van der Waals surface area contributed by atoms with Crippen LogP contribution in [-0.2, 0) is 29.2 Å². The van der Waals surface area contributed by atoms with E-state index in [4.69, 9.17) is 0 Å². The zero-order valence-corrected chi connectivity index (χ0v) is 18.1. The van der Waals surface area contributed by atoms with E-state index in [2.05, 4.69) is 35.2 Å². The molecule has 164 valence electrons. The van der Waals surface area contributed by atoms with Crippen LogP contribution in [-0.4, -0.2) is 40.5 Å². The van der Waals surface area contributed by atoms with Crippen LogP contribution in [0.3, 0.4) is 0 Å². The molecule has 0 saturated heterocycles. The average molecular weight is 425 g/mol. The molecular weight excluding hydrogens is 395 g/mol. The zero-order chi connectivity index (χ0) is 22.2. The molecule has 2 aromatic rings. The van der Waals surface area contributed by atoms with Gasteiger partial charge in [-0.3, -0.25) is 14.5 Å². The molecule has 0 aliphatic carbocycles. The number of hydrogen-bond donors (Lipinski definition) is 1. The molecule has 1 heterocycles. The first-order valence-corrected chi connectivity index (χ1v) is 10.7. The number of hydrazone groups is 1. The Balaban J connectivity index is 1.65. The van der Waals surface area contributed by atoms with Gasteiger partial charge in [0, 0.05) is 25.9 Å². The summed E-state index contributed by atoms with van der Waals surface area (Å²) in [7, 11) is 0. The summed E-state index contributed by atoms with van der Waals surface area (Å²) in [5.41, 5.74) is 3.34. The van der Waals surface area contributed by atoms with Crippen molar-refractivity contribution in [3.63, 3.8) is 0 Å².